The van der Waals surface area contributed by atoms with Crippen LogP contribution in [-0.4, -0.2) is 35.9 Å². The number of halogens is 1. The van der Waals surface area contributed by atoms with Crippen LogP contribution in [-0.2, 0) is 0 Å². The summed E-state index contributed by atoms with van der Waals surface area (Å²) in [5.74, 6) is 0.633. The lowest BCUT2D eigenvalue weighted by Gasteiger charge is -2.30. The zero-order chi connectivity index (χ0) is 15.3. The van der Waals surface area contributed by atoms with Crippen LogP contribution in [0.5, 0.6) is 5.75 Å². The van der Waals surface area contributed by atoms with Crippen LogP contribution < -0.4 is 4.74 Å². The SMILES string of the molecule is CC(=O)c1ccc(OCCN(C(C)C)C(C)C)c(Cl)c1. The average Bonchev–Trinajstić information content (AvgIpc) is 2.34. The van der Waals surface area contributed by atoms with Crippen LogP contribution in [0, 0.1) is 0 Å². The lowest BCUT2D eigenvalue weighted by atomic mass is 10.1. The van der Waals surface area contributed by atoms with E-state index < -0.39 is 0 Å². The third kappa shape index (κ3) is 4.80. The Morgan fingerprint density at radius 3 is 2.30 bits per heavy atom. The second-order valence-electron chi connectivity index (χ2n) is 5.48. The molecule has 1 aromatic rings. The van der Waals surface area contributed by atoms with Crippen molar-refractivity contribution in [2.24, 2.45) is 0 Å². The molecule has 1 rings (SSSR count). The van der Waals surface area contributed by atoms with Crippen molar-refractivity contribution in [3.63, 3.8) is 0 Å². The predicted molar refractivity (Wildman–Crippen MR) is 83.9 cm³/mol. The van der Waals surface area contributed by atoms with E-state index in [4.69, 9.17) is 16.3 Å². The average molecular weight is 298 g/mol. The van der Waals surface area contributed by atoms with Gasteiger partial charge in [-0.1, -0.05) is 11.6 Å². The number of Topliss-reactive ketones (excluding diaryl/α,β-unsaturated/α-hetero) is 1. The fraction of sp³-hybridized carbons (Fsp3) is 0.562. The standard InChI is InChI=1S/C16H24ClNO2/c1-11(2)18(12(3)4)8-9-20-16-7-6-14(13(5)19)10-15(16)17/h6-7,10-12H,8-9H2,1-5H3. The summed E-state index contributed by atoms with van der Waals surface area (Å²) in [6, 6.07) is 6.12. The molecule has 0 aromatic heterocycles. The maximum atomic E-state index is 11.3. The van der Waals surface area contributed by atoms with Crippen LogP contribution in [0.2, 0.25) is 5.02 Å². The first-order valence-electron chi connectivity index (χ1n) is 7.02. The first-order valence-corrected chi connectivity index (χ1v) is 7.39. The van der Waals surface area contributed by atoms with E-state index >= 15 is 0 Å². The second-order valence-corrected chi connectivity index (χ2v) is 5.88. The van der Waals surface area contributed by atoms with E-state index in [0.29, 0.717) is 35.0 Å². The van der Waals surface area contributed by atoms with Gasteiger partial charge in [0, 0.05) is 24.2 Å². The molecular formula is C16H24ClNO2. The summed E-state index contributed by atoms with van der Waals surface area (Å²) in [5, 5.41) is 0.485. The molecule has 0 spiro atoms. The molecule has 3 nitrogen and oxygen atoms in total. The van der Waals surface area contributed by atoms with Gasteiger partial charge in [0.1, 0.15) is 12.4 Å². The minimum atomic E-state index is 0.00393. The van der Waals surface area contributed by atoms with Crippen LogP contribution in [0.25, 0.3) is 0 Å². The maximum absolute atomic E-state index is 11.3. The van der Waals surface area contributed by atoms with Gasteiger partial charge in [-0.15, -0.1) is 0 Å². The quantitative estimate of drug-likeness (QED) is 0.711. The fourth-order valence-electron chi connectivity index (χ4n) is 2.21. The van der Waals surface area contributed by atoms with E-state index in [0.717, 1.165) is 6.54 Å². The lowest BCUT2D eigenvalue weighted by molar-refractivity contribution is 0.101. The number of carbonyl (C=O) groups excluding carboxylic acids is 1. The Hall–Kier alpha value is -1.06. The van der Waals surface area contributed by atoms with Gasteiger partial charge in [0.2, 0.25) is 0 Å². The molecule has 0 aliphatic heterocycles. The summed E-state index contributed by atoms with van der Waals surface area (Å²) in [6.07, 6.45) is 0. The largest absolute Gasteiger partial charge is 0.491 e. The van der Waals surface area contributed by atoms with Gasteiger partial charge in [0.05, 0.1) is 5.02 Å². The highest BCUT2D eigenvalue weighted by molar-refractivity contribution is 6.32. The number of hydrogen-bond acceptors (Lipinski definition) is 3. The number of carbonyl (C=O) groups is 1. The molecule has 0 saturated heterocycles. The van der Waals surface area contributed by atoms with Gasteiger partial charge >= 0.3 is 0 Å². The van der Waals surface area contributed by atoms with Crippen molar-refractivity contribution in [1.82, 2.24) is 4.90 Å². The molecule has 0 aliphatic rings. The molecule has 1 aromatic carbocycles. The van der Waals surface area contributed by atoms with Crippen molar-refractivity contribution in [3.8, 4) is 5.75 Å². The van der Waals surface area contributed by atoms with E-state index in [1.54, 1.807) is 18.2 Å². The Morgan fingerprint density at radius 1 is 1.25 bits per heavy atom. The fourth-order valence-corrected chi connectivity index (χ4v) is 2.45. The molecule has 112 valence electrons. The Kier molecular flexibility index (Phi) is 6.50. The Labute approximate surface area is 126 Å². The molecule has 0 atom stereocenters. The monoisotopic (exact) mass is 297 g/mol. The van der Waals surface area contributed by atoms with Gasteiger partial charge in [-0.3, -0.25) is 9.69 Å². The first kappa shape index (κ1) is 17.0. The smallest absolute Gasteiger partial charge is 0.159 e. The summed E-state index contributed by atoms with van der Waals surface area (Å²) >= 11 is 6.12. The number of ether oxygens (including phenoxy) is 1. The number of hydrogen-bond donors (Lipinski definition) is 0. The normalized spacial score (nSPS) is 11.4. The number of ketones is 1. The second kappa shape index (κ2) is 7.65. The van der Waals surface area contributed by atoms with Crippen molar-refractivity contribution in [1.29, 1.82) is 0 Å². The van der Waals surface area contributed by atoms with E-state index in [-0.39, 0.29) is 5.78 Å². The summed E-state index contributed by atoms with van der Waals surface area (Å²) < 4.78 is 5.72. The molecule has 0 saturated carbocycles. The molecule has 0 N–H and O–H groups in total. The molecule has 0 heterocycles. The third-order valence-electron chi connectivity index (χ3n) is 3.27. The predicted octanol–water partition coefficient (Wildman–Crippen LogP) is 4.04. The molecule has 4 heteroatoms. The molecule has 0 amide bonds. The van der Waals surface area contributed by atoms with Crippen molar-refractivity contribution < 1.29 is 9.53 Å². The molecule has 0 fully saturated rings. The minimum Gasteiger partial charge on any atom is -0.491 e. The van der Waals surface area contributed by atoms with Crippen molar-refractivity contribution in [3.05, 3.63) is 28.8 Å². The Balaban J connectivity index is 2.60. The van der Waals surface area contributed by atoms with E-state index in [9.17, 15) is 4.79 Å². The first-order chi connectivity index (χ1) is 9.32. The van der Waals surface area contributed by atoms with Gasteiger partial charge in [0.25, 0.3) is 0 Å². The summed E-state index contributed by atoms with van der Waals surface area (Å²) in [5.41, 5.74) is 0.605. The maximum Gasteiger partial charge on any atom is 0.159 e. The Bertz CT molecular complexity index is 450. The molecular weight excluding hydrogens is 274 g/mol. The summed E-state index contributed by atoms with van der Waals surface area (Å²) in [4.78, 5) is 13.6. The molecule has 0 unspecified atom stereocenters. The summed E-state index contributed by atoms with van der Waals surface area (Å²) in [6.45, 7) is 11.7. The van der Waals surface area contributed by atoms with Crippen LogP contribution >= 0.6 is 11.6 Å². The van der Waals surface area contributed by atoms with Gasteiger partial charge in [-0.2, -0.15) is 0 Å². The highest BCUT2D eigenvalue weighted by Crippen LogP contribution is 2.25. The zero-order valence-electron chi connectivity index (χ0n) is 12.9. The Morgan fingerprint density at radius 2 is 1.85 bits per heavy atom. The zero-order valence-corrected chi connectivity index (χ0v) is 13.7. The molecule has 0 aliphatic carbocycles. The van der Waals surface area contributed by atoms with Crippen molar-refractivity contribution in [2.75, 3.05) is 13.2 Å². The van der Waals surface area contributed by atoms with Crippen molar-refractivity contribution >= 4 is 17.4 Å². The van der Waals surface area contributed by atoms with Crippen molar-refractivity contribution in [2.45, 2.75) is 46.7 Å². The van der Waals surface area contributed by atoms with E-state index in [1.165, 1.54) is 6.92 Å². The summed E-state index contributed by atoms with van der Waals surface area (Å²) in [7, 11) is 0. The third-order valence-corrected chi connectivity index (χ3v) is 3.57. The number of rotatable bonds is 7. The van der Waals surface area contributed by atoms with Gasteiger partial charge in [0.15, 0.2) is 5.78 Å². The van der Waals surface area contributed by atoms with E-state index in [1.807, 2.05) is 0 Å². The molecule has 0 bridgehead atoms. The van der Waals surface area contributed by atoms with Gasteiger partial charge in [-0.25, -0.2) is 0 Å². The van der Waals surface area contributed by atoms with Crippen LogP contribution in [0.4, 0.5) is 0 Å². The highest BCUT2D eigenvalue weighted by atomic mass is 35.5. The van der Waals surface area contributed by atoms with Gasteiger partial charge in [-0.05, 0) is 52.8 Å². The van der Waals surface area contributed by atoms with Crippen LogP contribution in [0.15, 0.2) is 18.2 Å². The topological polar surface area (TPSA) is 29.5 Å². The molecule has 20 heavy (non-hydrogen) atoms. The lowest BCUT2D eigenvalue weighted by Crippen LogP contribution is -2.39. The van der Waals surface area contributed by atoms with Crippen LogP contribution in [0.1, 0.15) is 45.0 Å². The molecule has 0 radical (unpaired) electrons. The highest BCUT2D eigenvalue weighted by Gasteiger charge is 2.13. The van der Waals surface area contributed by atoms with Crippen LogP contribution in [0.3, 0.4) is 0 Å². The van der Waals surface area contributed by atoms with Gasteiger partial charge < -0.3 is 4.74 Å². The van der Waals surface area contributed by atoms with E-state index in [2.05, 4.69) is 32.6 Å². The number of benzene rings is 1. The minimum absolute atomic E-state index is 0.00393. The number of nitrogens with zero attached hydrogens (tertiary/aromatic N) is 1.